The van der Waals surface area contributed by atoms with Crippen LogP contribution >= 0.6 is 0 Å². The van der Waals surface area contributed by atoms with E-state index in [1.54, 1.807) is 0 Å². The number of rotatable bonds is 2. The van der Waals surface area contributed by atoms with E-state index in [0.717, 1.165) is 6.07 Å². The smallest absolute Gasteiger partial charge is 0.223 e. The van der Waals surface area contributed by atoms with Gasteiger partial charge < -0.3 is 10.7 Å². The fourth-order valence-electron chi connectivity index (χ4n) is 1.56. The van der Waals surface area contributed by atoms with Crippen molar-refractivity contribution in [3.05, 3.63) is 46.0 Å². The molecule has 5 heteroatoms. The molecule has 0 aliphatic heterocycles. The Morgan fingerprint density at radius 2 is 2.12 bits per heavy atom. The lowest BCUT2D eigenvalue weighted by atomic mass is 10.1. The predicted molar refractivity (Wildman–Crippen MR) is 57.4 cm³/mol. The van der Waals surface area contributed by atoms with Gasteiger partial charge in [-0.25, -0.2) is 4.39 Å². The van der Waals surface area contributed by atoms with Crippen LogP contribution in [0, 0.1) is 5.82 Å². The van der Waals surface area contributed by atoms with Crippen molar-refractivity contribution in [3.8, 4) is 0 Å². The maximum atomic E-state index is 12.9. The number of fused-ring (bicyclic) bond motifs is 1. The highest BCUT2D eigenvalue weighted by atomic mass is 19.1. The van der Waals surface area contributed by atoms with Crippen LogP contribution in [-0.4, -0.2) is 10.9 Å². The van der Waals surface area contributed by atoms with Crippen LogP contribution in [0.4, 0.5) is 4.39 Å². The number of carbonyl (C=O) groups is 1. The number of H-pyrrole nitrogens is 1. The second kappa shape index (κ2) is 3.77. The Kier molecular flexibility index (Phi) is 2.44. The number of aromatic nitrogens is 1. The molecule has 0 aliphatic rings. The highest BCUT2D eigenvalue weighted by Gasteiger charge is 2.05. The first kappa shape index (κ1) is 10.4. The van der Waals surface area contributed by atoms with E-state index in [-0.39, 0.29) is 17.2 Å². The second-order valence-electron chi connectivity index (χ2n) is 3.49. The Balaban J connectivity index is 2.64. The topological polar surface area (TPSA) is 76.0 Å². The van der Waals surface area contributed by atoms with Crippen molar-refractivity contribution in [3.63, 3.8) is 0 Å². The molecule has 0 unspecified atom stereocenters. The molecular formula is C11H9FN2O2. The van der Waals surface area contributed by atoms with Crippen molar-refractivity contribution < 1.29 is 9.18 Å². The lowest BCUT2D eigenvalue weighted by Gasteiger charge is -2.02. The largest absolute Gasteiger partial charge is 0.369 e. The molecule has 0 bridgehead atoms. The first-order valence-electron chi connectivity index (χ1n) is 4.66. The molecule has 2 rings (SSSR count). The van der Waals surface area contributed by atoms with Crippen molar-refractivity contribution >= 4 is 16.8 Å². The molecule has 0 saturated heterocycles. The van der Waals surface area contributed by atoms with Gasteiger partial charge >= 0.3 is 0 Å². The summed E-state index contributed by atoms with van der Waals surface area (Å²) in [6.07, 6.45) is -0.0391. The maximum absolute atomic E-state index is 12.9. The summed E-state index contributed by atoms with van der Waals surface area (Å²) in [6.45, 7) is 0. The minimum absolute atomic E-state index is 0.0391. The molecular weight excluding hydrogens is 211 g/mol. The zero-order chi connectivity index (χ0) is 11.7. The monoisotopic (exact) mass is 220 g/mol. The Morgan fingerprint density at radius 1 is 1.38 bits per heavy atom. The Labute approximate surface area is 89.9 Å². The predicted octanol–water partition coefficient (Wildman–Crippen LogP) is 0.695. The molecule has 1 aromatic heterocycles. The molecule has 0 saturated carbocycles. The Hall–Kier alpha value is -2.17. The summed E-state index contributed by atoms with van der Waals surface area (Å²) in [5.74, 6) is -1.00. The van der Waals surface area contributed by atoms with Crippen LogP contribution in [0.15, 0.2) is 29.1 Å². The summed E-state index contributed by atoms with van der Waals surface area (Å²) in [5.41, 5.74) is 5.61. The number of primary amides is 1. The van der Waals surface area contributed by atoms with Crippen LogP contribution in [0.1, 0.15) is 5.69 Å². The van der Waals surface area contributed by atoms with Gasteiger partial charge in [-0.15, -0.1) is 0 Å². The van der Waals surface area contributed by atoms with Crippen molar-refractivity contribution in [1.29, 1.82) is 0 Å². The van der Waals surface area contributed by atoms with E-state index in [0.29, 0.717) is 11.2 Å². The summed E-state index contributed by atoms with van der Waals surface area (Å²) >= 11 is 0. The molecule has 4 nitrogen and oxygen atoms in total. The van der Waals surface area contributed by atoms with E-state index >= 15 is 0 Å². The summed E-state index contributed by atoms with van der Waals surface area (Å²) in [5, 5.41) is 0.258. The van der Waals surface area contributed by atoms with E-state index in [2.05, 4.69) is 4.98 Å². The summed E-state index contributed by atoms with van der Waals surface area (Å²) in [7, 11) is 0. The molecule has 1 amide bonds. The van der Waals surface area contributed by atoms with Gasteiger partial charge in [0.25, 0.3) is 0 Å². The zero-order valence-corrected chi connectivity index (χ0v) is 8.29. The lowest BCUT2D eigenvalue weighted by Crippen LogP contribution is -2.16. The number of pyridine rings is 1. The van der Waals surface area contributed by atoms with E-state index < -0.39 is 11.7 Å². The third kappa shape index (κ3) is 1.93. The van der Waals surface area contributed by atoms with Gasteiger partial charge in [-0.3, -0.25) is 9.59 Å². The van der Waals surface area contributed by atoms with E-state index in [1.165, 1.54) is 18.2 Å². The highest BCUT2D eigenvalue weighted by Crippen LogP contribution is 2.10. The molecule has 1 aromatic carbocycles. The number of halogens is 1. The van der Waals surface area contributed by atoms with Crippen molar-refractivity contribution in [2.45, 2.75) is 6.42 Å². The van der Waals surface area contributed by atoms with Crippen LogP contribution in [0.2, 0.25) is 0 Å². The first-order chi connectivity index (χ1) is 7.56. The maximum Gasteiger partial charge on any atom is 0.223 e. The van der Waals surface area contributed by atoms with Crippen LogP contribution < -0.4 is 11.2 Å². The van der Waals surface area contributed by atoms with E-state index in [1.807, 2.05) is 0 Å². The summed E-state index contributed by atoms with van der Waals surface area (Å²) < 4.78 is 12.9. The van der Waals surface area contributed by atoms with Crippen molar-refractivity contribution in [2.24, 2.45) is 5.73 Å². The normalized spacial score (nSPS) is 10.6. The number of hydrogen-bond acceptors (Lipinski definition) is 2. The molecule has 0 fully saturated rings. The molecule has 82 valence electrons. The fraction of sp³-hybridized carbons (Fsp3) is 0.0909. The standard InChI is InChI=1S/C11H9FN2O2/c12-6-1-2-9-8(3-6)10(15)4-7(14-9)5-11(13)16/h1-4H,5H2,(H2,13,16)(H,14,15). The van der Waals surface area contributed by atoms with Crippen LogP contribution in [0.25, 0.3) is 10.9 Å². The third-order valence-corrected chi connectivity index (χ3v) is 2.21. The van der Waals surface area contributed by atoms with E-state index in [9.17, 15) is 14.0 Å². The zero-order valence-electron chi connectivity index (χ0n) is 8.29. The number of carbonyl (C=O) groups excluding carboxylic acids is 1. The molecule has 0 aliphatic carbocycles. The van der Waals surface area contributed by atoms with Gasteiger partial charge in [0.2, 0.25) is 5.91 Å². The highest BCUT2D eigenvalue weighted by molar-refractivity contribution is 5.80. The number of amides is 1. The van der Waals surface area contributed by atoms with Gasteiger partial charge in [0, 0.05) is 22.7 Å². The number of nitrogens with two attached hydrogens (primary N) is 1. The summed E-state index contributed by atoms with van der Waals surface area (Å²) in [6, 6.07) is 5.11. The first-order valence-corrected chi connectivity index (χ1v) is 4.66. The average molecular weight is 220 g/mol. The molecule has 16 heavy (non-hydrogen) atoms. The van der Waals surface area contributed by atoms with E-state index in [4.69, 9.17) is 5.73 Å². The van der Waals surface area contributed by atoms with Crippen molar-refractivity contribution in [2.75, 3.05) is 0 Å². The van der Waals surface area contributed by atoms with Crippen LogP contribution in [-0.2, 0) is 11.2 Å². The number of benzene rings is 1. The van der Waals surface area contributed by atoms with Gasteiger partial charge in [0.05, 0.1) is 6.42 Å². The third-order valence-electron chi connectivity index (χ3n) is 2.21. The Morgan fingerprint density at radius 3 is 2.81 bits per heavy atom. The van der Waals surface area contributed by atoms with Gasteiger partial charge in [-0.1, -0.05) is 0 Å². The molecule has 2 aromatic rings. The molecule has 0 radical (unpaired) electrons. The molecule has 3 N–H and O–H groups in total. The SMILES string of the molecule is NC(=O)Cc1cc(=O)c2cc(F)ccc2[nH]1. The van der Waals surface area contributed by atoms with Crippen molar-refractivity contribution in [1.82, 2.24) is 4.98 Å². The van der Waals surface area contributed by atoms with Gasteiger partial charge in [0.15, 0.2) is 5.43 Å². The minimum atomic E-state index is -0.530. The van der Waals surface area contributed by atoms with Crippen LogP contribution in [0.5, 0.6) is 0 Å². The minimum Gasteiger partial charge on any atom is -0.369 e. The van der Waals surface area contributed by atoms with Gasteiger partial charge in [0.1, 0.15) is 5.82 Å². The van der Waals surface area contributed by atoms with Crippen LogP contribution in [0.3, 0.4) is 0 Å². The molecule has 0 spiro atoms. The Bertz CT molecular complexity index is 619. The van der Waals surface area contributed by atoms with Gasteiger partial charge in [-0.05, 0) is 18.2 Å². The number of nitrogens with one attached hydrogen (secondary N) is 1. The summed E-state index contributed by atoms with van der Waals surface area (Å²) in [4.78, 5) is 25.2. The molecule has 0 atom stereocenters. The number of aromatic amines is 1. The molecule has 1 heterocycles. The quantitative estimate of drug-likeness (QED) is 0.781. The number of hydrogen-bond donors (Lipinski definition) is 2. The fourth-order valence-corrected chi connectivity index (χ4v) is 1.56. The lowest BCUT2D eigenvalue weighted by molar-refractivity contribution is -0.117. The van der Waals surface area contributed by atoms with Gasteiger partial charge in [-0.2, -0.15) is 0 Å². The second-order valence-corrected chi connectivity index (χ2v) is 3.49. The average Bonchev–Trinajstić information content (AvgIpc) is 2.18.